The number of carbonyl (C=O) groups is 5. The van der Waals surface area contributed by atoms with Crippen LogP contribution in [0.4, 0.5) is 5.69 Å². The predicted molar refractivity (Wildman–Crippen MR) is 161 cm³/mol. The Balaban J connectivity index is 1.76. The lowest BCUT2D eigenvalue weighted by atomic mass is 9.84. The van der Waals surface area contributed by atoms with Gasteiger partial charge in [-0.1, -0.05) is 74.0 Å². The van der Waals surface area contributed by atoms with E-state index >= 15 is 0 Å². The maximum Gasteiger partial charge on any atom is 0.325 e. The summed E-state index contributed by atoms with van der Waals surface area (Å²) in [6.07, 6.45) is 5.33. The summed E-state index contributed by atoms with van der Waals surface area (Å²) in [4.78, 5) is 64.3. The molecule has 0 saturated heterocycles. The second kappa shape index (κ2) is 17.2. The molecule has 2 aromatic carbocycles. The van der Waals surface area contributed by atoms with Crippen LogP contribution in [0.15, 0.2) is 48.5 Å². The molecular weight excluding hydrogens is 576 g/mol. The molecule has 3 amide bonds. The molecule has 5 N–H and O–H groups in total. The first kappa shape index (κ1) is 33.5. The highest BCUT2D eigenvalue weighted by Gasteiger charge is 2.32. The number of benzene rings is 2. The minimum atomic E-state index is -1.38. The number of rotatable bonds is 15. The zero-order chi connectivity index (χ0) is 31.2. The van der Waals surface area contributed by atoms with Crippen molar-refractivity contribution in [2.75, 3.05) is 25.5 Å². The molecular formula is C31H39ClN4O7. The molecule has 0 bridgehead atoms. The number of hydrogen-bond acceptors (Lipinski definition) is 8. The monoisotopic (exact) mass is 614 g/mol. The van der Waals surface area contributed by atoms with Gasteiger partial charge in [-0.2, -0.15) is 0 Å². The van der Waals surface area contributed by atoms with Crippen molar-refractivity contribution in [3.8, 4) is 0 Å². The highest BCUT2D eigenvalue weighted by molar-refractivity contribution is 6.38. The molecule has 3 rings (SSSR count). The van der Waals surface area contributed by atoms with Crippen molar-refractivity contribution >= 4 is 46.8 Å². The van der Waals surface area contributed by atoms with Gasteiger partial charge in [0.25, 0.3) is 11.8 Å². The third-order valence-electron chi connectivity index (χ3n) is 7.13. The van der Waals surface area contributed by atoms with Gasteiger partial charge < -0.3 is 31.2 Å². The van der Waals surface area contributed by atoms with E-state index < -0.39 is 48.1 Å². The van der Waals surface area contributed by atoms with E-state index in [0.717, 1.165) is 37.7 Å². The molecule has 232 valence electrons. The molecule has 1 aliphatic rings. The van der Waals surface area contributed by atoms with Gasteiger partial charge in [-0.25, -0.2) is 0 Å². The van der Waals surface area contributed by atoms with E-state index in [1.165, 1.54) is 18.2 Å². The lowest BCUT2D eigenvalue weighted by molar-refractivity contribution is -0.146. The number of amides is 3. The van der Waals surface area contributed by atoms with Gasteiger partial charge in [-0.05, 0) is 43.0 Å². The Morgan fingerprint density at radius 1 is 0.977 bits per heavy atom. The summed E-state index contributed by atoms with van der Waals surface area (Å²) in [5.74, 6) is -3.76. The van der Waals surface area contributed by atoms with Crippen LogP contribution in [0.25, 0.3) is 0 Å². The first-order valence-corrected chi connectivity index (χ1v) is 14.8. The minimum absolute atomic E-state index is 0.116. The predicted octanol–water partition coefficient (Wildman–Crippen LogP) is 2.94. The molecule has 1 saturated carbocycles. The van der Waals surface area contributed by atoms with E-state index in [0.29, 0.717) is 11.4 Å². The SMILES string of the molecule is CCOC(=O)CNC(=O)C(=O)C(COCc1ccccc1)NC(=O)C(CC1CCCCC1)NC(=O)c1ccc(Cl)c(N)c1. The van der Waals surface area contributed by atoms with Gasteiger partial charge in [0.15, 0.2) is 0 Å². The van der Waals surface area contributed by atoms with Crippen LogP contribution in [-0.2, 0) is 35.3 Å². The van der Waals surface area contributed by atoms with E-state index in [-0.39, 0.29) is 37.0 Å². The summed E-state index contributed by atoms with van der Waals surface area (Å²) in [6.45, 7) is 1.04. The quantitative estimate of drug-likeness (QED) is 0.135. The van der Waals surface area contributed by atoms with Crippen molar-refractivity contribution in [3.63, 3.8) is 0 Å². The van der Waals surface area contributed by atoms with E-state index in [1.54, 1.807) is 6.92 Å². The number of ether oxygens (including phenoxy) is 2. The van der Waals surface area contributed by atoms with Gasteiger partial charge in [0.2, 0.25) is 11.7 Å². The summed E-state index contributed by atoms with van der Waals surface area (Å²) in [6, 6.07) is 11.2. The van der Waals surface area contributed by atoms with Gasteiger partial charge in [0.05, 0.1) is 30.5 Å². The number of Topliss-reactive ketones (excluding diaryl/α,β-unsaturated/α-hetero) is 1. The van der Waals surface area contributed by atoms with Gasteiger partial charge >= 0.3 is 5.97 Å². The third-order valence-corrected chi connectivity index (χ3v) is 7.47. The smallest absolute Gasteiger partial charge is 0.325 e. The zero-order valence-electron chi connectivity index (χ0n) is 24.2. The number of nitrogens with two attached hydrogens (primary N) is 1. The van der Waals surface area contributed by atoms with E-state index in [4.69, 9.17) is 26.8 Å². The third kappa shape index (κ3) is 11.0. The lowest BCUT2D eigenvalue weighted by Gasteiger charge is -2.28. The fraction of sp³-hybridized carbons (Fsp3) is 0.452. The summed E-state index contributed by atoms with van der Waals surface area (Å²) >= 11 is 6.00. The minimum Gasteiger partial charge on any atom is -0.465 e. The summed E-state index contributed by atoms with van der Waals surface area (Å²) in [5.41, 5.74) is 7.14. The molecule has 43 heavy (non-hydrogen) atoms. The maximum atomic E-state index is 13.6. The van der Waals surface area contributed by atoms with Crippen molar-refractivity contribution in [1.82, 2.24) is 16.0 Å². The number of carbonyl (C=O) groups excluding carboxylic acids is 5. The molecule has 0 heterocycles. The maximum absolute atomic E-state index is 13.6. The highest BCUT2D eigenvalue weighted by atomic mass is 35.5. The highest BCUT2D eigenvalue weighted by Crippen LogP contribution is 2.28. The standard InChI is InChI=1S/C31H39ClN4O7/c1-2-43-27(37)17-34-31(41)28(38)26(19-42-18-21-11-7-4-8-12-21)36-30(40)25(15-20-9-5-3-6-10-20)35-29(39)22-13-14-23(32)24(33)16-22/h4,7-8,11-14,16,20,25-26H,2-3,5-6,9-10,15,17-19,33H2,1H3,(H,34,41)(H,35,39)(H,36,40). The molecule has 0 aromatic heterocycles. The largest absolute Gasteiger partial charge is 0.465 e. The Kier molecular flexibility index (Phi) is 13.4. The van der Waals surface area contributed by atoms with E-state index in [9.17, 15) is 24.0 Å². The van der Waals surface area contributed by atoms with Crippen molar-refractivity contribution in [2.24, 2.45) is 5.92 Å². The van der Waals surface area contributed by atoms with E-state index in [1.807, 2.05) is 30.3 Å². The summed E-state index contributed by atoms with van der Waals surface area (Å²) in [7, 11) is 0. The fourth-order valence-corrected chi connectivity index (χ4v) is 4.97. The van der Waals surface area contributed by atoms with Gasteiger partial charge in [-0.3, -0.25) is 24.0 Å². The Bertz CT molecular complexity index is 1270. The number of ketones is 1. The van der Waals surface area contributed by atoms with Crippen LogP contribution in [0.5, 0.6) is 0 Å². The second-order valence-corrected chi connectivity index (χ2v) is 10.8. The first-order valence-electron chi connectivity index (χ1n) is 14.4. The van der Waals surface area contributed by atoms with Crippen LogP contribution >= 0.6 is 11.6 Å². The fourth-order valence-electron chi connectivity index (χ4n) is 4.85. The molecule has 0 aliphatic heterocycles. The van der Waals surface area contributed by atoms with Crippen LogP contribution in [0.2, 0.25) is 5.02 Å². The molecule has 11 nitrogen and oxygen atoms in total. The average molecular weight is 615 g/mol. The molecule has 0 radical (unpaired) electrons. The van der Waals surface area contributed by atoms with Crippen LogP contribution in [0.1, 0.15) is 61.4 Å². The molecule has 2 unspecified atom stereocenters. The van der Waals surface area contributed by atoms with Gasteiger partial charge in [0, 0.05) is 5.56 Å². The number of nitrogens with one attached hydrogen (secondary N) is 3. The van der Waals surface area contributed by atoms with Crippen molar-refractivity contribution in [3.05, 3.63) is 64.7 Å². The number of esters is 1. The van der Waals surface area contributed by atoms with Gasteiger partial charge in [0.1, 0.15) is 18.6 Å². The molecule has 12 heteroatoms. The summed E-state index contributed by atoms with van der Waals surface area (Å²) < 4.78 is 10.5. The van der Waals surface area contributed by atoms with Crippen molar-refractivity contribution in [1.29, 1.82) is 0 Å². The average Bonchev–Trinajstić information content (AvgIpc) is 3.01. The van der Waals surface area contributed by atoms with Crippen LogP contribution in [0, 0.1) is 5.92 Å². The molecule has 0 spiro atoms. The van der Waals surface area contributed by atoms with E-state index in [2.05, 4.69) is 16.0 Å². The normalized spacial score (nSPS) is 14.7. The lowest BCUT2D eigenvalue weighted by Crippen LogP contribution is -2.56. The number of nitrogen functional groups attached to an aromatic ring is 1. The number of halogens is 1. The Morgan fingerprint density at radius 2 is 1.70 bits per heavy atom. The Hall–Kier alpha value is -3.96. The second-order valence-electron chi connectivity index (χ2n) is 10.4. The number of anilines is 1. The van der Waals surface area contributed by atoms with Crippen molar-refractivity contribution in [2.45, 2.75) is 64.1 Å². The van der Waals surface area contributed by atoms with Crippen molar-refractivity contribution < 1.29 is 33.4 Å². The molecule has 2 atom stereocenters. The molecule has 1 aliphatic carbocycles. The number of hydrogen-bond donors (Lipinski definition) is 4. The Morgan fingerprint density at radius 3 is 2.37 bits per heavy atom. The van der Waals surface area contributed by atoms with Crippen LogP contribution in [-0.4, -0.2) is 61.3 Å². The molecule has 2 aromatic rings. The topological polar surface area (TPSA) is 166 Å². The van der Waals surface area contributed by atoms with Crippen LogP contribution in [0.3, 0.4) is 0 Å². The summed E-state index contributed by atoms with van der Waals surface area (Å²) in [5, 5.41) is 7.91. The first-order chi connectivity index (χ1) is 20.7. The van der Waals surface area contributed by atoms with Crippen LogP contribution < -0.4 is 21.7 Å². The zero-order valence-corrected chi connectivity index (χ0v) is 25.0. The van der Waals surface area contributed by atoms with Gasteiger partial charge in [-0.15, -0.1) is 0 Å². The Labute approximate surface area is 256 Å². The molecule has 1 fully saturated rings.